The molecule has 1 aliphatic carbocycles. The molecular weight excluding hydrogens is 420 g/mol. The number of halogens is 1. The maximum Gasteiger partial charge on any atom is 0.229 e. The van der Waals surface area contributed by atoms with Gasteiger partial charge in [0.15, 0.2) is 0 Å². The maximum atomic E-state index is 11.6. The minimum absolute atomic E-state index is 0.176. The molecule has 2 unspecified atom stereocenters. The molecule has 1 N–H and O–H groups in total. The summed E-state index contributed by atoms with van der Waals surface area (Å²) in [5, 5.41) is 0.743. The summed E-state index contributed by atoms with van der Waals surface area (Å²) in [4.78, 5) is 2.49. The molecule has 2 atom stereocenters. The van der Waals surface area contributed by atoms with Gasteiger partial charge in [-0.1, -0.05) is 42.8 Å². The molecule has 1 saturated heterocycles. The van der Waals surface area contributed by atoms with Crippen LogP contribution >= 0.6 is 11.6 Å². The van der Waals surface area contributed by atoms with Crippen molar-refractivity contribution < 1.29 is 13.2 Å². The van der Waals surface area contributed by atoms with Crippen LogP contribution in [0.15, 0.2) is 48.5 Å². The van der Waals surface area contributed by atoms with E-state index in [0.717, 1.165) is 43.2 Å². The lowest BCUT2D eigenvalue weighted by molar-refractivity contribution is 0.0936. The molecule has 1 saturated carbocycles. The van der Waals surface area contributed by atoms with Gasteiger partial charge in [-0.3, -0.25) is 4.72 Å². The molecule has 5 nitrogen and oxygen atoms in total. The molecule has 2 aliphatic rings. The van der Waals surface area contributed by atoms with Crippen LogP contribution in [0.3, 0.4) is 0 Å². The van der Waals surface area contributed by atoms with E-state index in [1.807, 2.05) is 42.5 Å². The van der Waals surface area contributed by atoms with E-state index < -0.39 is 10.0 Å². The lowest BCUT2D eigenvalue weighted by atomic mass is 9.87. The van der Waals surface area contributed by atoms with Crippen molar-refractivity contribution in [2.45, 2.75) is 25.4 Å². The molecule has 1 aliphatic heterocycles. The number of hydrogen-bond donors (Lipinski definition) is 1. The summed E-state index contributed by atoms with van der Waals surface area (Å²) in [6.45, 7) is 6.66. The van der Waals surface area contributed by atoms with Gasteiger partial charge in [0.1, 0.15) is 0 Å². The zero-order valence-electron chi connectivity index (χ0n) is 17.5. The second-order valence-electron chi connectivity index (χ2n) is 8.50. The highest BCUT2D eigenvalue weighted by atomic mass is 35.5. The first kappa shape index (κ1) is 21.6. The topological polar surface area (TPSA) is 58.6 Å². The Balaban J connectivity index is 1.30. The molecule has 2 fully saturated rings. The Morgan fingerprint density at radius 1 is 1.17 bits per heavy atom. The van der Waals surface area contributed by atoms with E-state index in [1.165, 1.54) is 11.8 Å². The molecule has 0 radical (unpaired) electrons. The maximum absolute atomic E-state index is 11.6. The smallest absolute Gasteiger partial charge is 0.229 e. The number of nitrogens with one attached hydrogen (secondary N) is 1. The van der Waals surface area contributed by atoms with Crippen molar-refractivity contribution in [2.24, 2.45) is 11.8 Å². The normalized spacial score (nSPS) is 25.8. The van der Waals surface area contributed by atoms with E-state index in [2.05, 4.69) is 22.6 Å². The summed E-state index contributed by atoms with van der Waals surface area (Å²) in [5.41, 5.74) is 3.22. The number of fused-ring (bicyclic) bond motifs is 1. The zero-order chi connectivity index (χ0) is 21.4. The number of benzene rings is 2. The summed E-state index contributed by atoms with van der Waals surface area (Å²) in [6.07, 6.45) is 2.26. The quantitative estimate of drug-likeness (QED) is 0.586. The molecule has 0 aromatic heterocycles. The first-order valence-electron chi connectivity index (χ1n) is 10.4. The van der Waals surface area contributed by atoms with Crippen LogP contribution in [0.4, 0.5) is 5.69 Å². The third kappa shape index (κ3) is 4.52. The van der Waals surface area contributed by atoms with Gasteiger partial charge in [0.25, 0.3) is 0 Å². The summed E-state index contributed by atoms with van der Waals surface area (Å²) >= 11 is 5.92. The summed E-state index contributed by atoms with van der Waals surface area (Å²) in [5.74, 6) is 1.26. The van der Waals surface area contributed by atoms with Gasteiger partial charge in [0, 0.05) is 35.8 Å². The molecule has 0 bridgehead atoms. The van der Waals surface area contributed by atoms with Crippen LogP contribution in [0.2, 0.25) is 5.02 Å². The van der Waals surface area contributed by atoms with Gasteiger partial charge in [0.2, 0.25) is 10.0 Å². The second kappa shape index (κ2) is 8.50. The van der Waals surface area contributed by atoms with Gasteiger partial charge in [0.05, 0.1) is 19.5 Å². The number of rotatable bonds is 9. The van der Waals surface area contributed by atoms with Gasteiger partial charge in [-0.25, -0.2) is 8.42 Å². The number of likely N-dealkylation sites (tertiary alicyclic amines) is 1. The first-order valence-corrected chi connectivity index (χ1v) is 12.7. The molecule has 30 heavy (non-hydrogen) atoms. The van der Waals surface area contributed by atoms with Crippen molar-refractivity contribution in [3.63, 3.8) is 0 Å². The number of piperidine rings is 1. The fourth-order valence-corrected chi connectivity index (χ4v) is 5.89. The third-order valence-corrected chi connectivity index (χ3v) is 7.49. The summed E-state index contributed by atoms with van der Waals surface area (Å²) in [7, 11) is -3.27. The van der Waals surface area contributed by atoms with E-state index in [1.54, 1.807) is 0 Å². The molecule has 4 rings (SSSR count). The van der Waals surface area contributed by atoms with Crippen molar-refractivity contribution in [2.75, 3.05) is 37.2 Å². The largest absolute Gasteiger partial charge is 0.375 e. The van der Waals surface area contributed by atoms with Crippen LogP contribution in [0, 0.1) is 11.8 Å². The van der Waals surface area contributed by atoms with Crippen LogP contribution in [-0.2, 0) is 26.8 Å². The average molecular weight is 449 g/mol. The summed E-state index contributed by atoms with van der Waals surface area (Å²) in [6, 6.07) is 15.7. The van der Waals surface area contributed by atoms with Crippen LogP contribution in [0.25, 0.3) is 0 Å². The van der Waals surface area contributed by atoms with Crippen LogP contribution in [0.5, 0.6) is 0 Å². The molecular formula is C23H29ClN2O3S. The Bertz CT molecular complexity index is 982. The van der Waals surface area contributed by atoms with Gasteiger partial charge in [-0.2, -0.15) is 0 Å². The number of hydrogen-bond acceptors (Lipinski definition) is 4. The van der Waals surface area contributed by atoms with E-state index in [0.29, 0.717) is 24.1 Å². The van der Waals surface area contributed by atoms with E-state index in [4.69, 9.17) is 16.3 Å². The van der Waals surface area contributed by atoms with E-state index in [-0.39, 0.29) is 5.41 Å². The van der Waals surface area contributed by atoms with Crippen molar-refractivity contribution in [1.29, 1.82) is 0 Å². The summed E-state index contributed by atoms with van der Waals surface area (Å²) < 4.78 is 31.6. The van der Waals surface area contributed by atoms with Crippen molar-refractivity contribution in [3.8, 4) is 0 Å². The van der Waals surface area contributed by atoms with Crippen LogP contribution in [-0.4, -0.2) is 45.8 Å². The lowest BCUT2D eigenvalue weighted by Crippen LogP contribution is -2.32. The minimum atomic E-state index is -3.27. The Kier molecular flexibility index (Phi) is 6.13. The number of nitrogens with zero attached hydrogens (tertiary/aromatic N) is 1. The molecule has 2 aromatic carbocycles. The van der Waals surface area contributed by atoms with E-state index >= 15 is 0 Å². The SMILES string of the molecule is CCC1(c2cccc(NS(C)(=O)=O)c2)C2CN(CCOCc3ccc(Cl)cc3)CC21. The van der Waals surface area contributed by atoms with Crippen LogP contribution < -0.4 is 4.72 Å². The monoisotopic (exact) mass is 448 g/mol. The minimum Gasteiger partial charge on any atom is -0.375 e. The second-order valence-corrected chi connectivity index (χ2v) is 10.7. The highest BCUT2D eigenvalue weighted by molar-refractivity contribution is 7.92. The van der Waals surface area contributed by atoms with Gasteiger partial charge in [-0.05, 0) is 53.6 Å². The van der Waals surface area contributed by atoms with E-state index in [9.17, 15) is 8.42 Å². The molecule has 7 heteroatoms. The molecule has 0 spiro atoms. The fourth-order valence-electron chi connectivity index (χ4n) is 5.21. The number of anilines is 1. The lowest BCUT2D eigenvalue weighted by Gasteiger charge is -2.26. The van der Waals surface area contributed by atoms with Crippen molar-refractivity contribution >= 4 is 27.3 Å². The average Bonchev–Trinajstić information content (AvgIpc) is 3.08. The molecule has 0 amide bonds. The predicted molar refractivity (Wildman–Crippen MR) is 121 cm³/mol. The van der Waals surface area contributed by atoms with Crippen LogP contribution in [0.1, 0.15) is 24.5 Å². The number of sulfonamides is 1. The van der Waals surface area contributed by atoms with Crippen molar-refractivity contribution in [3.05, 3.63) is 64.7 Å². The molecule has 2 aromatic rings. The standard InChI is InChI=1S/C23H29ClN2O3S/c1-3-23(18-5-4-6-20(13-18)25-30(2,27)28)21-14-26(15-22(21)23)11-12-29-16-17-7-9-19(24)10-8-17/h4-10,13,21-22,25H,3,11-12,14-16H2,1-2H3. The zero-order valence-corrected chi connectivity index (χ0v) is 19.0. The predicted octanol–water partition coefficient (Wildman–Crippen LogP) is 4.14. The van der Waals surface area contributed by atoms with Gasteiger partial charge < -0.3 is 9.64 Å². The highest BCUT2D eigenvalue weighted by Crippen LogP contribution is 2.65. The Hall–Kier alpha value is -1.60. The fraction of sp³-hybridized carbons (Fsp3) is 0.478. The Morgan fingerprint density at radius 3 is 2.50 bits per heavy atom. The Morgan fingerprint density at radius 2 is 1.87 bits per heavy atom. The Labute approximate surface area is 184 Å². The van der Waals surface area contributed by atoms with Gasteiger partial charge in [-0.15, -0.1) is 0 Å². The van der Waals surface area contributed by atoms with Crippen molar-refractivity contribution in [1.82, 2.24) is 4.90 Å². The molecule has 162 valence electrons. The highest BCUT2D eigenvalue weighted by Gasteiger charge is 2.67. The first-order chi connectivity index (χ1) is 14.3. The van der Waals surface area contributed by atoms with Gasteiger partial charge >= 0.3 is 0 Å². The number of ether oxygens (including phenoxy) is 1. The molecule has 1 heterocycles. The third-order valence-electron chi connectivity index (χ3n) is 6.63.